The van der Waals surface area contributed by atoms with Crippen molar-refractivity contribution in [1.29, 1.82) is 0 Å². The van der Waals surface area contributed by atoms with Crippen molar-refractivity contribution in [2.24, 2.45) is 11.7 Å². The minimum atomic E-state index is 0.413. The Balaban J connectivity index is 2.22. The van der Waals surface area contributed by atoms with Gasteiger partial charge < -0.3 is 15.4 Å². The summed E-state index contributed by atoms with van der Waals surface area (Å²) in [6.07, 6.45) is 2.53. The zero-order chi connectivity index (χ0) is 13.1. The number of rotatable bonds is 4. The van der Waals surface area contributed by atoms with Gasteiger partial charge in [0.15, 0.2) is 5.13 Å². The van der Waals surface area contributed by atoms with Crippen molar-refractivity contribution in [3.05, 3.63) is 10.6 Å². The molecule has 0 amide bonds. The molecule has 2 rings (SSSR count). The van der Waals surface area contributed by atoms with Crippen molar-refractivity contribution < 1.29 is 4.74 Å². The molecule has 0 aliphatic carbocycles. The summed E-state index contributed by atoms with van der Waals surface area (Å²) >= 11 is 6.66. The normalized spacial score (nSPS) is 20.1. The van der Waals surface area contributed by atoms with Crippen LogP contribution in [0.15, 0.2) is 0 Å². The van der Waals surface area contributed by atoms with E-state index in [1.807, 2.05) is 0 Å². The lowest BCUT2D eigenvalue weighted by Crippen LogP contribution is -2.34. The highest BCUT2D eigenvalue weighted by atomic mass is 32.1. The number of piperidine rings is 1. The lowest BCUT2D eigenvalue weighted by atomic mass is 10.0. The zero-order valence-electron chi connectivity index (χ0n) is 10.8. The van der Waals surface area contributed by atoms with Crippen molar-refractivity contribution in [1.82, 2.24) is 4.98 Å². The predicted octanol–water partition coefficient (Wildman–Crippen LogP) is 2.16. The molecule has 18 heavy (non-hydrogen) atoms. The fourth-order valence-corrected chi connectivity index (χ4v) is 3.46. The first-order valence-electron chi connectivity index (χ1n) is 6.15. The molecule has 2 heterocycles. The lowest BCUT2D eigenvalue weighted by molar-refractivity contribution is 0.182. The van der Waals surface area contributed by atoms with Crippen LogP contribution in [-0.2, 0) is 11.3 Å². The van der Waals surface area contributed by atoms with Gasteiger partial charge in [-0.1, -0.05) is 30.5 Å². The Kier molecular flexibility index (Phi) is 4.53. The van der Waals surface area contributed by atoms with Crippen LogP contribution in [0.1, 0.15) is 30.3 Å². The molecule has 2 N–H and O–H groups in total. The van der Waals surface area contributed by atoms with Crippen LogP contribution >= 0.6 is 23.6 Å². The number of methoxy groups -OCH3 is 1. The topological polar surface area (TPSA) is 51.4 Å². The van der Waals surface area contributed by atoms with Gasteiger partial charge in [0, 0.05) is 20.2 Å². The van der Waals surface area contributed by atoms with E-state index >= 15 is 0 Å². The molecule has 0 spiro atoms. The number of nitrogens with two attached hydrogens (primary N) is 1. The van der Waals surface area contributed by atoms with Crippen LogP contribution in [0.3, 0.4) is 0 Å². The summed E-state index contributed by atoms with van der Waals surface area (Å²) in [5.74, 6) is 0.724. The van der Waals surface area contributed by atoms with E-state index < -0.39 is 0 Å². The quantitative estimate of drug-likeness (QED) is 0.859. The second-order valence-electron chi connectivity index (χ2n) is 4.76. The Hall–Kier alpha value is -0.720. The molecule has 6 heteroatoms. The highest BCUT2D eigenvalue weighted by Crippen LogP contribution is 2.30. The highest BCUT2D eigenvalue weighted by Gasteiger charge is 2.22. The van der Waals surface area contributed by atoms with E-state index in [2.05, 4.69) is 16.8 Å². The number of aromatic nitrogens is 1. The molecule has 1 aliphatic rings. The molecule has 1 unspecified atom stereocenters. The van der Waals surface area contributed by atoms with Gasteiger partial charge in [0.2, 0.25) is 0 Å². The van der Waals surface area contributed by atoms with E-state index in [0.29, 0.717) is 11.6 Å². The molecular formula is C12H19N3OS2. The molecule has 1 saturated heterocycles. The van der Waals surface area contributed by atoms with Crippen LogP contribution in [0.2, 0.25) is 0 Å². The summed E-state index contributed by atoms with van der Waals surface area (Å²) in [4.78, 5) is 8.27. The summed E-state index contributed by atoms with van der Waals surface area (Å²) in [5, 5.41) is 1.02. The maximum absolute atomic E-state index is 5.74. The summed E-state index contributed by atoms with van der Waals surface area (Å²) in [6, 6.07) is 0. The van der Waals surface area contributed by atoms with Gasteiger partial charge in [-0.2, -0.15) is 0 Å². The molecule has 4 nitrogen and oxygen atoms in total. The van der Waals surface area contributed by atoms with E-state index in [4.69, 9.17) is 22.7 Å². The first-order chi connectivity index (χ1) is 8.61. The zero-order valence-corrected chi connectivity index (χ0v) is 12.4. The van der Waals surface area contributed by atoms with Crippen molar-refractivity contribution >= 4 is 33.7 Å². The molecule has 100 valence electrons. The van der Waals surface area contributed by atoms with Gasteiger partial charge in [-0.3, -0.25) is 0 Å². The molecule has 0 saturated carbocycles. The first-order valence-corrected chi connectivity index (χ1v) is 7.37. The third-order valence-corrected chi connectivity index (χ3v) is 4.64. The van der Waals surface area contributed by atoms with E-state index in [0.717, 1.165) is 34.7 Å². The number of nitrogens with zero attached hydrogens (tertiary/aromatic N) is 2. The summed E-state index contributed by atoms with van der Waals surface area (Å²) in [5.41, 5.74) is 6.61. The van der Waals surface area contributed by atoms with Crippen LogP contribution in [0.4, 0.5) is 5.13 Å². The molecule has 0 bridgehead atoms. The summed E-state index contributed by atoms with van der Waals surface area (Å²) in [6.45, 7) is 4.88. The van der Waals surface area contributed by atoms with E-state index in [-0.39, 0.29) is 0 Å². The molecule has 1 aromatic heterocycles. The molecule has 0 radical (unpaired) electrons. The van der Waals surface area contributed by atoms with Gasteiger partial charge in [-0.15, -0.1) is 0 Å². The average Bonchev–Trinajstić information content (AvgIpc) is 2.74. The highest BCUT2D eigenvalue weighted by molar-refractivity contribution is 7.81. The fourth-order valence-electron chi connectivity index (χ4n) is 2.26. The van der Waals surface area contributed by atoms with E-state index in [1.54, 1.807) is 18.4 Å². The van der Waals surface area contributed by atoms with Gasteiger partial charge in [0.25, 0.3) is 0 Å². The second kappa shape index (κ2) is 5.95. The van der Waals surface area contributed by atoms with Crippen LogP contribution in [0.5, 0.6) is 0 Å². The Labute approximate surface area is 117 Å². The van der Waals surface area contributed by atoms with Gasteiger partial charge in [-0.25, -0.2) is 4.98 Å². The molecule has 1 atom stereocenters. The SMILES string of the molecule is COCc1nc(N2CCCC(C)C2)sc1C(N)=S. The number of thiazole rings is 1. The first kappa shape index (κ1) is 13.7. The molecule has 1 fully saturated rings. The molecular weight excluding hydrogens is 266 g/mol. The Bertz CT molecular complexity index is 433. The minimum absolute atomic E-state index is 0.413. The molecule has 1 aliphatic heterocycles. The third-order valence-electron chi connectivity index (χ3n) is 3.12. The Morgan fingerprint density at radius 3 is 3.06 bits per heavy atom. The smallest absolute Gasteiger partial charge is 0.186 e. The summed E-state index contributed by atoms with van der Waals surface area (Å²) < 4.78 is 5.15. The standard InChI is InChI=1S/C12H19N3OS2/c1-8-4-3-5-15(6-8)12-14-9(7-16-2)10(18-12)11(13)17/h8H,3-7H2,1-2H3,(H2,13,17). The van der Waals surface area contributed by atoms with Crippen LogP contribution in [0, 0.1) is 5.92 Å². The van der Waals surface area contributed by atoms with Crippen LogP contribution in [0.25, 0.3) is 0 Å². The number of hydrogen-bond acceptors (Lipinski definition) is 5. The van der Waals surface area contributed by atoms with Crippen molar-refractivity contribution in [2.45, 2.75) is 26.4 Å². The monoisotopic (exact) mass is 285 g/mol. The molecule has 0 aromatic carbocycles. The van der Waals surface area contributed by atoms with E-state index in [1.165, 1.54) is 12.8 Å². The number of anilines is 1. The number of hydrogen-bond donors (Lipinski definition) is 1. The maximum Gasteiger partial charge on any atom is 0.186 e. The van der Waals surface area contributed by atoms with Crippen LogP contribution in [-0.4, -0.2) is 30.2 Å². The average molecular weight is 285 g/mol. The predicted molar refractivity (Wildman–Crippen MR) is 79.3 cm³/mol. The van der Waals surface area contributed by atoms with Crippen molar-refractivity contribution in [3.63, 3.8) is 0 Å². The van der Waals surface area contributed by atoms with Crippen molar-refractivity contribution in [2.75, 3.05) is 25.1 Å². The van der Waals surface area contributed by atoms with Gasteiger partial charge in [-0.05, 0) is 18.8 Å². The fraction of sp³-hybridized carbons (Fsp3) is 0.667. The second-order valence-corrected chi connectivity index (χ2v) is 6.18. The molecule has 1 aromatic rings. The minimum Gasteiger partial charge on any atom is -0.389 e. The van der Waals surface area contributed by atoms with Crippen molar-refractivity contribution in [3.8, 4) is 0 Å². The Morgan fingerprint density at radius 2 is 2.44 bits per heavy atom. The summed E-state index contributed by atoms with van der Waals surface area (Å²) in [7, 11) is 1.66. The van der Waals surface area contributed by atoms with Gasteiger partial charge in [0.05, 0.1) is 17.2 Å². The maximum atomic E-state index is 5.74. The van der Waals surface area contributed by atoms with Gasteiger partial charge in [0.1, 0.15) is 4.99 Å². The van der Waals surface area contributed by atoms with Crippen LogP contribution < -0.4 is 10.6 Å². The number of ether oxygens (including phenoxy) is 1. The lowest BCUT2D eigenvalue weighted by Gasteiger charge is -2.30. The Morgan fingerprint density at radius 1 is 1.67 bits per heavy atom. The number of thiocarbonyl (C=S) groups is 1. The third kappa shape index (κ3) is 2.99. The van der Waals surface area contributed by atoms with Gasteiger partial charge >= 0.3 is 0 Å². The largest absolute Gasteiger partial charge is 0.389 e. The van der Waals surface area contributed by atoms with E-state index in [9.17, 15) is 0 Å².